The number of carbonyl (C=O) groups is 2. The van der Waals surface area contributed by atoms with Crippen molar-refractivity contribution in [3.63, 3.8) is 0 Å². The van der Waals surface area contributed by atoms with Crippen molar-refractivity contribution in [2.75, 3.05) is 0 Å². The zero-order valence-corrected chi connectivity index (χ0v) is 11.0. The second kappa shape index (κ2) is 6.13. The smallest absolute Gasteiger partial charge is 0.305 e. The quantitative estimate of drug-likeness (QED) is 0.720. The topological polar surface area (TPSA) is 61.8 Å². The number of esters is 2. The standard InChI is InChI=1S/C12H19FO5/c1-5-6(2)10-9(13)11(16-7(3)14)12(18-10)17-8(4)15/h6,9-12H,5H2,1-4H3/t6-,9-,10+,11+,12-/m0/s1. The van der Waals surface area contributed by atoms with Crippen LogP contribution in [0.4, 0.5) is 4.39 Å². The minimum Gasteiger partial charge on any atom is -0.453 e. The molecule has 1 heterocycles. The fourth-order valence-corrected chi connectivity index (χ4v) is 1.90. The Morgan fingerprint density at radius 2 is 1.83 bits per heavy atom. The van der Waals surface area contributed by atoms with E-state index in [1.165, 1.54) is 13.8 Å². The molecule has 1 fully saturated rings. The molecule has 0 aromatic carbocycles. The summed E-state index contributed by atoms with van der Waals surface area (Å²) in [5, 5.41) is 0. The maximum atomic E-state index is 14.2. The van der Waals surface area contributed by atoms with Crippen LogP contribution < -0.4 is 0 Å². The fraction of sp³-hybridized carbons (Fsp3) is 0.833. The highest BCUT2D eigenvalue weighted by molar-refractivity contribution is 5.67. The lowest BCUT2D eigenvalue weighted by molar-refractivity contribution is -0.196. The van der Waals surface area contributed by atoms with Gasteiger partial charge in [-0.2, -0.15) is 0 Å². The Morgan fingerprint density at radius 3 is 2.28 bits per heavy atom. The average molecular weight is 262 g/mol. The Balaban J connectivity index is 2.80. The van der Waals surface area contributed by atoms with E-state index < -0.39 is 36.6 Å². The maximum absolute atomic E-state index is 14.2. The number of alkyl halides is 1. The summed E-state index contributed by atoms with van der Waals surface area (Å²) in [5.74, 6) is -1.29. The molecule has 0 spiro atoms. The van der Waals surface area contributed by atoms with E-state index in [0.29, 0.717) is 6.42 Å². The second-order valence-electron chi connectivity index (χ2n) is 4.48. The molecule has 0 aliphatic carbocycles. The van der Waals surface area contributed by atoms with Gasteiger partial charge in [0.25, 0.3) is 0 Å². The summed E-state index contributed by atoms with van der Waals surface area (Å²) in [4.78, 5) is 21.9. The largest absolute Gasteiger partial charge is 0.453 e. The molecule has 0 bridgehead atoms. The van der Waals surface area contributed by atoms with Gasteiger partial charge in [0.1, 0.15) is 0 Å². The monoisotopic (exact) mass is 262 g/mol. The normalized spacial score (nSPS) is 32.9. The van der Waals surface area contributed by atoms with Gasteiger partial charge in [0.05, 0.1) is 6.10 Å². The van der Waals surface area contributed by atoms with Crippen molar-refractivity contribution >= 4 is 11.9 Å². The molecule has 104 valence electrons. The molecule has 6 heteroatoms. The molecule has 0 saturated carbocycles. The molecule has 18 heavy (non-hydrogen) atoms. The van der Waals surface area contributed by atoms with Gasteiger partial charge in [-0.15, -0.1) is 0 Å². The molecule has 1 rings (SSSR count). The van der Waals surface area contributed by atoms with Crippen molar-refractivity contribution in [1.29, 1.82) is 0 Å². The van der Waals surface area contributed by atoms with Crippen LogP contribution in [-0.2, 0) is 23.8 Å². The van der Waals surface area contributed by atoms with Crippen LogP contribution in [0, 0.1) is 5.92 Å². The van der Waals surface area contributed by atoms with E-state index in [4.69, 9.17) is 14.2 Å². The van der Waals surface area contributed by atoms with Gasteiger partial charge in [0, 0.05) is 13.8 Å². The lowest BCUT2D eigenvalue weighted by Crippen LogP contribution is -2.36. The lowest BCUT2D eigenvalue weighted by Gasteiger charge is -2.19. The first kappa shape index (κ1) is 14.9. The first-order valence-corrected chi connectivity index (χ1v) is 6.00. The number of ether oxygens (including phenoxy) is 3. The molecular weight excluding hydrogens is 243 g/mol. The summed E-state index contributed by atoms with van der Waals surface area (Å²) in [6.07, 6.45) is -3.87. The van der Waals surface area contributed by atoms with Crippen LogP contribution in [0.5, 0.6) is 0 Å². The molecule has 0 unspecified atom stereocenters. The van der Waals surface area contributed by atoms with Crippen LogP contribution in [0.3, 0.4) is 0 Å². The van der Waals surface area contributed by atoms with Gasteiger partial charge < -0.3 is 14.2 Å². The second-order valence-corrected chi connectivity index (χ2v) is 4.48. The van der Waals surface area contributed by atoms with Crippen molar-refractivity contribution in [3.05, 3.63) is 0 Å². The first-order valence-electron chi connectivity index (χ1n) is 6.00. The Hall–Kier alpha value is -1.17. The van der Waals surface area contributed by atoms with E-state index in [1.807, 2.05) is 13.8 Å². The zero-order chi connectivity index (χ0) is 13.9. The minimum atomic E-state index is -1.49. The van der Waals surface area contributed by atoms with E-state index in [1.54, 1.807) is 0 Å². The highest BCUT2D eigenvalue weighted by Crippen LogP contribution is 2.33. The number of hydrogen-bond donors (Lipinski definition) is 0. The lowest BCUT2D eigenvalue weighted by atomic mass is 9.97. The highest BCUT2D eigenvalue weighted by Gasteiger charge is 2.50. The predicted molar refractivity (Wildman–Crippen MR) is 60.3 cm³/mol. The van der Waals surface area contributed by atoms with Crippen LogP contribution in [0.1, 0.15) is 34.1 Å². The van der Waals surface area contributed by atoms with E-state index in [0.717, 1.165) is 0 Å². The number of rotatable bonds is 4. The Bertz CT molecular complexity index is 320. The summed E-state index contributed by atoms with van der Waals surface area (Å²) in [5.41, 5.74) is 0. The summed E-state index contributed by atoms with van der Waals surface area (Å²) in [7, 11) is 0. The molecule has 5 nitrogen and oxygen atoms in total. The molecule has 0 N–H and O–H groups in total. The van der Waals surface area contributed by atoms with Crippen molar-refractivity contribution in [2.24, 2.45) is 5.92 Å². The molecule has 0 aromatic heterocycles. The molecule has 1 saturated heterocycles. The van der Waals surface area contributed by atoms with Crippen molar-refractivity contribution in [3.8, 4) is 0 Å². The molecule has 0 aromatic rings. The van der Waals surface area contributed by atoms with Gasteiger partial charge in [-0.25, -0.2) is 4.39 Å². The molecule has 1 aliphatic rings. The van der Waals surface area contributed by atoms with E-state index in [2.05, 4.69) is 0 Å². The predicted octanol–water partition coefficient (Wildman–Crippen LogP) is 1.59. The number of carbonyl (C=O) groups excluding carboxylic acids is 2. The SMILES string of the molecule is CC[C@H](C)[C@H]1O[C@H](OC(C)=O)[C@H](OC(C)=O)[C@H]1F. The van der Waals surface area contributed by atoms with E-state index in [9.17, 15) is 14.0 Å². The summed E-state index contributed by atoms with van der Waals surface area (Å²) in [6.45, 7) is 6.10. The highest BCUT2D eigenvalue weighted by atomic mass is 19.1. The third-order valence-corrected chi connectivity index (χ3v) is 2.98. The Kier molecular flexibility index (Phi) is 5.07. The average Bonchev–Trinajstić information content (AvgIpc) is 2.55. The Labute approximate surface area is 106 Å². The van der Waals surface area contributed by atoms with Crippen LogP contribution in [0.25, 0.3) is 0 Å². The number of hydrogen-bond acceptors (Lipinski definition) is 5. The fourth-order valence-electron chi connectivity index (χ4n) is 1.90. The Morgan fingerprint density at radius 1 is 1.28 bits per heavy atom. The van der Waals surface area contributed by atoms with Crippen LogP contribution >= 0.6 is 0 Å². The van der Waals surface area contributed by atoms with Gasteiger partial charge in [-0.05, 0) is 5.92 Å². The molecular formula is C12H19FO5. The molecule has 1 aliphatic heterocycles. The third kappa shape index (κ3) is 3.41. The third-order valence-electron chi connectivity index (χ3n) is 2.98. The number of halogens is 1. The zero-order valence-electron chi connectivity index (χ0n) is 11.0. The van der Waals surface area contributed by atoms with Gasteiger partial charge in [-0.1, -0.05) is 20.3 Å². The van der Waals surface area contributed by atoms with Crippen molar-refractivity contribution < 1.29 is 28.2 Å². The van der Waals surface area contributed by atoms with Gasteiger partial charge in [0.15, 0.2) is 12.3 Å². The first-order chi connectivity index (χ1) is 8.36. The van der Waals surface area contributed by atoms with Crippen LogP contribution in [-0.4, -0.2) is 36.6 Å². The van der Waals surface area contributed by atoms with E-state index >= 15 is 0 Å². The van der Waals surface area contributed by atoms with Gasteiger partial charge >= 0.3 is 11.9 Å². The van der Waals surface area contributed by atoms with Gasteiger partial charge in [0.2, 0.25) is 6.29 Å². The minimum absolute atomic E-state index is 0.0568. The molecule has 5 atom stereocenters. The maximum Gasteiger partial charge on any atom is 0.305 e. The molecule has 0 radical (unpaired) electrons. The summed E-state index contributed by atoms with van der Waals surface area (Å²) < 4.78 is 29.2. The summed E-state index contributed by atoms with van der Waals surface area (Å²) >= 11 is 0. The molecule has 0 amide bonds. The van der Waals surface area contributed by atoms with Crippen LogP contribution in [0.2, 0.25) is 0 Å². The van der Waals surface area contributed by atoms with Crippen molar-refractivity contribution in [2.45, 2.75) is 58.8 Å². The van der Waals surface area contributed by atoms with Gasteiger partial charge in [-0.3, -0.25) is 9.59 Å². The van der Waals surface area contributed by atoms with E-state index in [-0.39, 0.29) is 5.92 Å². The van der Waals surface area contributed by atoms with Crippen LogP contribution in [0.15, 0.2) is 0 Å². The van der Waals surface area contributed by atoms with Crippen molar-refractivity contribution in [1.82, 2.24) is 0 Å². The summed E-state index contributed by atoms with van der Waals surface area (Å²) in [6, 6.07) is 0.